The number of hydrogen-bond donors (Lipinski definition) is 1. The predicted molar refractivity (Wildman–Crippen MR) is 86.9 cm³/mol. The quantitative estimate of drug-likeness (QED) is 0.880. The molecule has 2 unspecified atom stereocenters. The molecule has 0 spiro atoms. The van der Waals surface area contributed by atoms with E-state index in [1.807, 2.05) is 11.3 Å². The van der Waals surface area contributed by atoms with E-state index < -0.39 is 0 Å². The zero-order valence-electron chi connectivity index (χ0n) is 11.0. The highest BCUT2D eigenvalue weighted by Crippen LogP contribution is 2.26. The number of rotatable bonds is 5. The summed E-state index contributed by atoms with van der Waals surface area (Å²) in [6, 6.07) is 3.36. The minimum absolute atomic E-state index is 0.558. The lowest BCUT2D eigenvalue weighted by Gasteiger charge is -2.38. The van der Waals surface area contributed by atoms with Gasteiger partial charge in [-0.3, -0.25) is 0 Å². The van der Waals surface area contributed by atoms with Crippen LogP contribution in [0.2, 0.25) is 0 Å². The summed E-state index contributed by atoms with van der Waals surface area (Å²) in [5, 5.41) is 5.85. The normalized spacial score (nSPS) is 23.2. The van der Waals surface area contributed by atoms with Gasteiger partial charge >= 0.3 is 0 Å². The first-order chi connectivity index (χ1) is 8.72. The Balaban J connectivity index is 2.05. The Labute approximate surface area is 127 Å². The monoisotopic (exact) mass is 348 g/mol. The minimum atomic E-state index is 0.558. The number of thioether (sulfide) groups is 1. The molecule has 102 valence electrons. The highest BCUT2D eigenvalue weighted by atomic mass is 79.9. The zero-order valence-corrected chi connectivity index (χ0v) is 14.2. The van der Waals surface area contributed by atoms with Crippen molar-refractivity contribution in [3.8, 4) is 0 Å². The van der Waals surface area contributed by atoms with Crippen LogP contribution >= 0.6 is 39.0 Å². The van der Waals surface area contributed by atoms with E-state index >= 15 is 0 Å². The van der Waals surface area contributed by atoms with Gasteiger partial charge in [0.05, 0.1) is 0 Å². The third kappa shape index (κ3) is 3.73. The molecule has 0 aromatic carbocycles. The van der Waals surface area contributed by atoms with Gasteiger partial charge in [-0.05, 0) is 47.4 Å². The number of nitrogens with one attached hydrogen (secondary N) is 1. The topological polar surface area (TPSA) is 15.3 Å². The van der Waals surface area contributed by atoms with Crippen molar-refractivity contribution < 1.29 is 0 Å². The van der Waals surface area contributed by atoms with E-state index in [2.05, 4.69) is 63.3 Å². The Hall–Kier alpha value is 0.450. The molecule has 1 aromatic rings. The summed E-state index contributed by atoms with van der Waals surface area (Å²) < 4.78 is 1.27. The number of thiophene rings is 1. The Morgan fingerprint density at radius 1 is 1.61 bits per heavy atom. The zero-order chi connectivity index (χ0) is 13.0. The SMILES string of the molecule is CCNC(Cc1sccc1Br)C1CSCCN1C. The number of halogens is 1. The van der Waals surface area contributed by atoms with E-state index in [-0.39, 0.29) is 0 Å². The third-order valence-corrected chi connectivity index (χ3v) is 6.47. The van der Waals surface area contributed by atoms with Crippen LogP contribution in [0.3, 0.4) is 0 Å². The molecule has 0 bridgehead atoms. The van der Waals surface area contributed by atoms with Crippen molar-refractivity contribution in [1.29, 1.82) is 0 Å². The van der Waals surface area contributed by atoms with Crippen LogP contribution < -0.4 is 5.32 Å². The first-order valence-electron chi connectivity index (χ1n) is 6.45. The molecule has 2 atom stereocenters. The lowest BCUT2D eigenvalue weighted by Crippen LogP contribution is -2.53. The van der Waals surface area contributed by atoms with Crippen molar-refractivity contribution in [3.05, 3.63) is 20.8 Å². The second kappa shape index (κ2) is 7.29. The van der Waals surface area contributed by atoms with Gasteiger partial charge in [0.1, 0.15) is 0 Å². The summed E-state index contributed by atoms with van der Waals surface area (Å²) in [5.41, 5.74) is 0. The molecule has 2 nitrogen and oxygen atoms in total. The molecule has 1 saturated heterocycles. The van der Waals surface area contributed by atoms with E-state index in [1.54, 1.807) is 0 Å². The third-order valence-electron chi connectivity index (χ3n) is 3.47. The molecule has 1 aromatic heterocycles. The summed E-state index contributed by atoms with van der Waals surface area (Å²) >= 11 is 7.59. The molecule has 0 amide bonds. The Morgan fingerprint density at radius 3 is 3.06 bits per heavy atom. The highest BCUT2D eigenvalue weighted by molar-refractivity contribution is 9.10. The smallest absolute Gasteiger partial charge is 0.0340 e. The highest BCUT2D eigenvalue weighted by Gasteiger charge is 2.28. The van der Waals surface area contributed by atoms with Gasteiger partial charge in [-0.2, -0.15) is 11.8 Å². The molecule has 1 aliphatic rings. The van der Waals surface area contributed by atoms with Gasteiger partial charge in [0.25, 0.3) is 0 Å². The van der Waals surface area contributed by atoms with Gasteiger partial charge in [-0.25, -0.2) is 0 Å². The van der Waals surface area contributed by atoms with Gasteiger partial charge in [-0.1, -0.05) is 6.92 Å². The molecule has 2 heterocycles. The van der Waals surface area contributed by atoms with Gasteiger partial charge in [0.15, 0.2) is 0 Å². The molecule has 1 N–H and O–H groups in total. The van der Waals surface area contributed by atoms with E-state index in [0.29, 0.717) is 12.1 Å². The predicted octanol–water partition coefficient (Wildman–Crippen LogP) is 3.08. The van der Waals surface area contributed by atoms with E-state index in [9.17, 15) is 0 Å². The van der Waals surface area contributed by atoms with Crippen LogP contribution in [0.1, 0.15) is 11.8 Å². The molecule has 0 radical (unpaired) electrons. The molecular weight excluding hydrogens is 328 g/mol. The summed E-state index contributed by atoms with van der Waals surface area (Å²) in [6.45, 7) is 4.46. The van der Waals surface area contributed by atoms with Crippen molar-refractivity contribution in [3.63, 3.8) is 0 Å². The van der Waals surface area contributed by atoms with E-state index in [0.717, 1.165) is 13.0 Å². The van der Waals surface area contributed by atoms with Crippen LogP contribution in [-0.4, -0.2) is 48.6 Å². The Morgan fingerprint density at radius 2 is 2.44 bits per heavy atom. The van der Waals surface area contributed by atoms with Crippen molar-refractivity contribution in [2.24, 2.45) is 0 Å². The van der Waals surface area contributed by atoms with Crippen LogP contribution in [0.15, 0.2) is 15.9 Å². The first kappa shape index (κ1) is 14.9. The second-order valence-electron chi connectivity index (χ2n) is 4.68. The lowest BCUT2D eigenvalue weighted by atomic mass is 10.0. The van der Waals surface area contributed by atoms with Gasteiger partial charge in [-0.15, -0.1) is 11.3 Å². The molecule has 18 heavy (non-hydrogen) atoms. The molecule has 0 saturated carbocycles. The maximum Gasteiger partial charge on any atom is 0.0340 e. The summed E-state index contributed by atoms with van der Waals surface area (Å²) in [4.78, 5) is 3.98. The van der Waals surface area contributed by atoms with E-state index in [4.69, 9.17) is 0 Å². The number of likely N-dealkylation sites (N-methyl/N-ethyl adjacent to an activating group) is 2. The van der Waals surface area contributed by atoms with Crippen molar-refractivity contribution >= 4 is 39.0 Å². The minimum Gasteiger partial charge on any atom is -0.312 e. The van der Waals surface area contributed by atoms with E-state index in [1.165, 1.54) is 27.4 Å². The summed E-state index contributed by atoms with van der Waals surface area (Å²) in [6.07, 6.45) is 1.13. The van der Waals surface area contributed by atoms with Crippen LogP contribution in [0.25, 0.3) is 0 Å². The van der Waals surface area contributed by atoms with Crippen LogP contribution in [0, 0.1) is 0 Å². The van der Waals surface area contributed by atoms with Crippen molar-refractivity contribution in [2.75, 3.05) is 31.6 Å². The second-order valence-corrected chi connectivity index (χ2v) is 7.69. The molecule has 2 rings (SSSR count). The molecule has 1 fully saturated rings. The number of hydrogen-bond acceptors (Lipinski definition) is 4. The largest absolute Gasteiger partial charge is 0.312 e. The average molecular weight is 349 g/mol. The van der Waals surface area contributed by atoms with Crippen LogP contribution in [0.5, 0.6) is 0 Å². The number of nitrogens with zero attached hydrogens (tertiary/aromatic N) is 1. The van der Waals surface area contributed by atoms with Gasteiger partial charge in [0, 0.05) is 39.5 Å². The van der Waals surface area contributed by atoms with Crippen LogP contribution in [0.4, 0.5) is 0 Å². The maximum absolute atomic E-state index is 3.68. The van der Waals surface area contributed by atoms with Gasteiger partial charge < -0.3 is 10.2 Å². The Bertz CT molecular complexity index is 370. The fourth-order valence-electron chi connectivity index (χ4n) is 2.41. The lowest BCUT2D eigenvalue weighted by molar-refractivity contribution is 0.215. The Kier molecular flexibility index (Phi) is 6.01. The fourth-order valence-corrected chi connectivity index (χ4v) is 5.29. The molecular formula is C13H21BrN2S2. The molecule has 0 aliphatic carbocycles. The summed E-state index contributed by atoms with van der Waals surface area (Å²) in [5.74, 6) is 2.52. The molecule has 5 heteroatoms. The first-order valence-corrected chi connectivity index (χ1v) is 9.28. The maximum atomic E-state index is 3.68. The average Bonchev–Trinajstić information content (AvgIpc) is 2.75. The molecule has 1 aliphatic heterocycles. The standard InChI is InChI=1S/C13H21BrN2S2/c1-3-15-11(8-13-10(14)4-6-18-13)12-9-17-7-5-16(12)2/h4,6,11-12,15H,3,5,7-9H2,1-2H3. The van der Waals surface area contributed by atoms with Gasteiger partial charge in [0.2, 0.25) is 0 Å². The fraction of sp³-hybridized carbons (Fsp3) is 0.692. The summed E-state index contributed by atoms with van der Waals surface area (Å²) in [7, 11) is 2.26. The van der Waals surface area contributed by atoms with Crippen molar-refractivity contribution in [2.45, 2.75) is 25.4 Å². The van der Waals surface area contributed by atoms with Crippen LogP contribution in [-0.2, 0) is 6.42 Å². The van der Waals surface area contributed by atoms with Crippen molar-refractivity contribution in [1.82, 2.24) is 10.2 Å².